The van der Waals surface area contributed by atoms with Crippen molar-refractivity contribution < 1.29 is 18.8 Å². The highest BCUT2D eigenvalue weighted by Crippen LogP contribution is 2.24. The molecule has 8 heteroatoms. The quantitative estimate of drug-likeness (QED) is 0.554. The zero-order valence-electron chi connectivity index (χ0n) is 19.6. The third-order valence-corrected chi connectivity index (χ3v) is 6.11. The van der Waals surface area contributed by atoms with Gasteiger partial charge >= 0.3 is 0 Å². The fourth-order valence-corrected chi connectivity index (χ4v) is 4.08. The summed E-state index contributed by atoms with van der Waals surface area (Å²) in [6, 6.07) is 17.9. The summed E-state index contributed by atoms with van der Waals surface area (Å²) in [5, 5.41) is 6.84. The van der Waals surface area contributed by atoms with Crippen molar-refractivity contribution in [3.63, 3.8) is 0 Å². The zero-order valence-corrected chi connectivity index (χ0v) is 19.6. The van der Waals surface area contributed by atoms with Crippen LogP contribution in [-0.2, 0) is 11.2 Å². The summed E-state index contributed by atoms with van der Waals surface area (Å²) in [5.41, 5.74) is 1.85. The molecule has 0 bridgehead atoms. The lowest BCUT2D eigenvalue weighted by atomic mass is 10.0. The smallest absolute Gasteiger partial charge is 0.274 e. The lowest BCUT2D eigenvalue weighted by molar-refractivity contribution is -0.135. The average molecular weight is 463 g/mol. The van der Waals surface area contributed by atoms with Gasteiger partial charge in [0, 0.05) is 44.2 Å². The van der Waals surface area contributed by atoms with Crippen molar-refractivity contribution >= 4 is 11.8 Å². The predicted octanol–water partition coefficient (Wildman–Crippen LogP) is 2.86. The van der Waals surface area contributed by atoms with Crippen molar-refractivity contribution in [1.82, 2.24) is 20.3 Å². The fourth-order valence-electron chi connectivity index (χ4n) is 4.08. The third kappa shape index (κ3) is 5.63. The second-order valence-electron chi connectivity index (χ2n) is 8.28. The SMILES string of the molecule is CCN1CCN(C(=O)C(Cc2ccccc2)NC(=O)c2cc(-c3cccc(OC)c3)on2)CC1. The number of rotatable bonds is 8. The maximum Gasteiger partial charge on any atom is 0.274 e. The Balaban J connectivity index is 1.50. The van der Waals surface area contributed by atoms with Crippen molar-refractivity contribution in [2.24, 2.45) is 0 Å². The molecule has 1 unspecified atom stereocenters. The van der Waals surface area contributed by atoms with Crippen LogP contribution in [0.15, 0.2) is 65.2 Å². The number of amides is 2. The van der Waals surface area contributed by atoms with E-state index in [0.29, 0.717) is 31.0 Å². The van der Waals surface area contributed by atoms with Crippen LogP contribution in [0.2, 0.25) is 0 Å². The van der Waals surface area contributed by atoms with E-state index < -0.39 is 11.9 Å². The summed E-state index contributed by atoms with van der Waals surface area (Å²) < 4.78 is 10.7. The van der Waals surface area contributed by atoms with Gasteiger partial charge in [-0.3, -0.25) is 9.59 Å². The van der Waals surface area contributed by atoms with Crippen molar-refractivity contribution in [3.8, 4) is 17.1 Å². The van der Waals surface area contributed by atoms with E-state index in [1.54, 1.807) is 19.2 Å². The molecule has 1 saturated heterocycles. The Morgan fingerprint density at radius 1 is 1.06 bits per heavy atom. The Kier molecular flexibility index (Phi) is 7.59. The van der Waals surface area contributed by atoms with Gasteiger partial charge in [0.25, 0.3) is 5.91 Å². The molecular formula is C26H30N4O4. The van der Waals surface area contributed by atoms with Gasteiger partial charge < -0.3 is 24.4 Å². The molecule has 1 atom stereocenters. The molecule has 0 spiro atoms. The highest BCUT2D eigenvalue weighted by atomic mass is 16.5. The normalized spacial score (nSPS) is 15.1. The molecule has 2 amide bonds. The number of benzene rings is 2. The van der Waals surface area contributed by atoms with Crippen LogP contribution >= 0.6 is 0 Å². The van der Waals surface area contributed by atoms with Crippen LogP contribution in [-0.4, -0.2) is 72.6 Å². The molecule has 34 heavy (non-hydrogen) atoms. The molecule has 1 aliphatic rings. The first-order valence-corrected chi connectivity index (χ1v) is 11.5. The number of piperazine rings is 1. The summed E-state index contributed by atoms with van der Waals surface area (Å²) in [6.45, 7) is 6.06. The maximum atomic E-state index is 13.4. The van der Waals surface area contributed by atoms with Crippen LogP contribution in [0, 0.1) is 0 Å². The van der Waals surface area contributed by atoms with E-state index in [9.17, 15) is 9.59 Å². The molecule has 0 radical (unpaired) electrons. The monoisotopic (exact) mass is 462 g/mol. The van der Waals surface area contributed by atoms with Crippen molar-refractivity contribution in [2.75, 3.05) is 39.8 Å². The Morgan fingerprint density at radius 2 is 1.82 bits per heavy atom. The molecule has 0 aliphatic carbocycles. The van der Waals surface area contributed by atoms with E-state index in [1.165, 1.54) is 0 Å². The van der Waals surface area contributed by atoms with Crippen LogP contribution in [0.5, 0.6) is 5.75 Å². The van der Waals surface area contributed by atoms with E-state index in [2.05, 4.69) is 22.3 Å². The molecule has 1 aliphatic heterocycles. The topological polar surface area (TPSA) is 87.9 Å². The number of nitrogens with zero attached hydrogens (tertiary/aromatic N) is 3. The Labute approximate surface area is 199 Å². The molecule has 2 heterocycles. The number of ether oxygens (including phenoxy) is 1. The third-order valence-electron chi connectivity index (χ3n) is 6.11. The summed E-state index contributed by atoms with van der Waals surface area (Å²) in [6.07, 6.45) is 0.403. The minimum Gasteiger partial charge on any atom is -0.497 e. The molecule has 1 fully saturated rings. The van der Waals surface area contributed by atoms with Gasteiger partial charge in [0.15, 0.2) is 11.5 Å². The molecule has 0 saturated carbocycles. The second-order valence-corrected chi connectivity index (χ2v) is 8.28. The lowest BCUT2D eigenvalue weighted by Crippen LogP contribution is -2.55. The maximum absolute atomic E-state index is 13.4. The average Bonchev–Trinajstić information content (AvgIpc) is 3.39. The van der Waals surface area contributed by atoms with Crippen molar-refractivity contribution in [1.29, 1.82) is 0 Å². The molecule has 1 N–H and O–H groups in total. The van der Waals surface area contributed by atoms with E-state index in [4.69, 9.17) is 9.26 Å². The highest BCUT2D eigenvalue weighted by molar-refractivity contribution is 5.96. The van der Waals surface area contributed by atoms with Crippen LogP contribution in [0.25, 0.3) is 11.3 Å². The largest absolute Gasteiger partial charge is 0.497 e. The number of aromatic nitrogens is 1. The van der Waals surface area contributed by atoms with Gasteiger partial charge in [-0.15, -0.1) is 0 Å². The summed E-state index contributed by atoms with van der Waals surface area (Å²) in [5.74, 6) is 0.603. The predicted molar refractivity (Wildman–Crippen MR) is 129 cm³/mol. The van der Waals surface area contributed by atoms with E-state index in [-0.39, 0.29) is 11.6 Å². The number of nitrogens with one attached hydrogen (secondary N) is 1. The van der Waals surface area contributed by atoms with E-state index >= 15 is 0 Å². The van der Waals surface area contributed by atoms with E-state index in [1.807, 2.05) is 53.4 Å². The summed E-state index contributed by atoms with van der Waals surface area (Å²) in [7, 11) is 1.59. The minimum absolute atomic E-state index is 0.0792. The van der Waals surface area contributed by atoms with Gasteiger partial charge in [-0.25, -0.2) is 0 Å². The molecule has 3 aromatic rings. The summed E-state index contributed by atoms with van der Waals surface area (Å²) >= 11 is 0. The molecular weight excluding hydrogens is 432 g/mol. The zero-order chi connectivity index (χ0) is 23.9. The van der Waals surface area contributed by atoms with E-state index in [0.717, 1.165) is 30.8 Å². The van der Waals surface area contributed by atoms with Crippen LogP contribution in [0.4, 0.5) is 0 Å². The molecule has 2 aromatic carbocycles. The van der Waals surface area contributed by atoms with Crippen LogP contribution in [0.3, 0.4) is 0 Å². The first kappa shape index (κ1) is 23.5. The van der Waals surface area contributed by atoms with Gasteiger partial charge in [0.2, 0.25) is 5.91 Å². The van der Waals surface area contributed by atoms with Crippen molar-refractivity contribution in [2.45, 2.75) is 19.4 Å². The molecule has 1 aromatic heterocycles. The van der Waals surface area contributed by atoms with Gasteiger partial charge in [-0.2, -0.15) is 0 Å². The summed E-state index contributed by atoms with van der Waals surface area (Å²) in [4.78, 5) is 30.6. The first-order chi connectivity index (χ1) is 16.6. The number of hydrogen-bond donors (Lipinski definition) is 1. The Bertz CT molecular complexity index is 1110. The fraction of sp³-hybridized carbons (Fsp3) is 0.346. The second kappa shape index (κ2) is 11.0. The number of carbonyl (C=O) groups is 2. The number of carbonyl (C=O) groups excluding carboxylic acids is 2. The number of methoxy groups -OCH3 is 1. The molecule has 4 rings (SSSR count). The number of likely N-dealkylation sites (N-methyl/N-ethyl adjacent to an activating group) is 1. The Morgan fingerprint density at radius 3 is 2.53 bits per heavy atom. The Hall–Kier alpha value is -3.65. The molecule has 8 nitrogen and oxygen atoms in total. The van der Waals surface area contributed by atoms with Crippen molar-refractivity contribution in [3.05, 3.63) is 71.9 Å². The highest BCUT2D eigenvalue weighted by Gasteiger charge is 2.29. The lowest BCUT2D eigenvalue weighted by Gasteiger charge is -2.36. The van der Waals surface area contributed by atoms with Crippen LogP contribution < -0.4 is 10.1 Å². The first-order valence-electron chi connectivity index (χ1n) is 11.5. The van der Waals surface area contributed by atoms with Crippen LogP contribution in [0.1, 0.15) is 23.0 Å². The van der Waals surface area contributed by atoms with Gasteiger partial charge in [-0.1, -0.05) is 54.5 Å². The van der Waals surface area contributed by atoms with Gasteiger partial charge in [0.05, 0.1) is 7.11 Å². The van der Waals surface area contributed by atoms with Gasteiger partial charge in [0.1, 0.15) is 11.8 Å². The molecule has 178 valence electrons. The minimum atomic E-state index is -0.694. The standard InChI is InChI=1S/C26H30N4O4/c1-3-29-12-14-30(15-13-29)26(32)23(16-19-8-5-4-6-9-19)27-25(31)22-18-24(34-28-22)20-10-7-11-21(17-20)33-2/h4-11,17-18,23H,3,12-16H2,1-2H3,(H,27,31). The number of hydrogen-bond acceptors (Lipinski definition) is 6. The van der Waals surface area contributed by atoms with Gasteiger partial charge in [-0.05, 0) is 24.2 Å².